The number of hydrogen-bond donors (Lipinski definition) is 3. The van der Waals surface area contributed by atoms with Crippen molar-refractivity contribution in [1.29, 1.82) is 0 Å². The third kappa shape index (κ3) is 4.40. The van der Waals surface area contributed by atoms with Crippen molar-refractivity contribution in [1.82, 2.24) is 15.0 Å². The number of thiazole rings is 1. The fourth-order valence-electron chi connectivity index (χ4n) is 4.16. The topological polar surface area (TPSA) is 92.2 Å². The van der Waals surface area contributed by atoms with E-state index in [0.29, 0.717) is 30.9 Å². The second kappa shape index (κ2) is 9.24. The van der Waals surface area contributed by atoms with Crippen molar-refractivity contribution in [3.05, 3.63) is 30.0 Å². The second-order valence-corrected chi connectivity index (χ2v) is 9.04. The fraction of sp³-hybridized carbons (Fsp3) is 0.500. The molecule has 1 unspecified atom stereocenters. The van der Waals surface area contributed by atoms with E-state index in [1.165, 1.54) is 0 Å². The number of benzene rings is 1. The van der Waals surface area contributed by atoms with Gasteiger partial charge in [-0.05, 0) is 43.7 Å². The molecule has 1 fully saturated rings. The van der Waals surface area contributed by atoms with Crippen molar-refractivity contribution in [3.8, 4) is 10.6 Å². The molecule has 3 aromatic rings. The Bertz CT molecular complexity index is 975. The van der Waals surface area contributed by atoms with Gasteiger partial charge in [-0.3, -0.25) is 0 Å². The lowest BCUT2D eigenvalue weighted by Crippen LogP contribution is -2.24. The minimum atomic E-state index is 0.236. The van der Waals surface area contributed by atoms with Crippen molar-refractivity contribution in [3.63, 3.8) is 0 Å². The molecule has 1 aliphatic rings. The molecule has 0 bridgehead atoms. The van der Waals surface area contributed by atoms with Gasteiger partial charge in [0.2, 0.25) is 5.95 Å². The minimum Gasteiger partial charge on any atom is -0.396 e. The molecule has 1 aromatic carbocycles. The lowest BCUT2D eigenvalue weighted by Gasteiger charge is -2.21. The Labute approximate surface area is 180 Å². The number of para-hydroxylation sites is 1. The van der Waals surface area contributed by atoms with Gasteiger partial charge in [0.25, 0.3) is 0 Å². The first-order chi connectivity index (χ1) is 14.6. The minimum absolute atomic E-state index is 0.236. The first-order valence-corrected chi connectivity index (χ1v) is 11.3. The van der Waals surface area contributed by atoms with Crippen molar-refractivity contribution >= 4 is 33.3 Å². The van der Waals surface area contributed by atoms with Gasteiger partial charge >= 0.3 is 0 Å². The van der Waals surface area contributed by atoms with Crippen LogP contribution >= 0.6 is 11.3 Å². The summed E-state index contributed by atoms with van der Waals surface area (Å²) in [6, 6.07) is 8.42. The van der Waals surface area contributed by atoms with E-state index in [-0.39, 0.29) is 12.6 Å². The normalized spacial score (nSPS) is 21.3. The molecule has 8 heteroatoms. The van der Waals surface area contributed by atoms with Crippen LogP contribution in [0.25, 0.3) is 20.8 Å². The number of hydrogen-bond acceptors (Lipinski definition) is 8. The van der Waals surface area contributed by atoms with E-state index < -0.39 is 0 Å². The highest BCUT2D eigenvalue weighted by Gasteiger charge is 2.32. The van der Waals surface area contributed by atoms with Crippen molar-refractivity contribution in [2.45, 2.75) is 32.7 Å². The number of methoxy groups -OCH3 is 1. The van der Waals surface area contributed by atoms with Gasteiger partial charge in [-0.25, -0.2) is 9.97 Å². The van der Waals surface area contributed by atoms with Gasteiger partial charge in [-0.1, -0.05) is 19.1 Å². The van der Waals surface area contributed by atoms with Crippen LogP contribution in [0, 0.1) is 18.8 Å². The number of ether oxygens (including phenoxy) is 1. The number of aliphatic hydroxyl groups is 1. The van der Waals surface area contributed by atoms with Gasteiger partial charge < -0.3 is 20.5 Å². The summed E-state index contributed by atoms with van der Waals surface area (Å²) >= 11 is 1.66. The van der Waals surface area contributed by atoms with Crippen LogP contribution in [0.1, 0.15) is 25.5 Å². The number of nitrogens with zero attached hydrogens (tertiary/aromatic N) is 3. The summed E-state index contributed by atoms with van der Waals surface area (Å²) in [5.74, 6) is 2.19. The summed E-state index contributed by atoms with van der Waals surface area (Å²) in [5.41, 5.74) is 2.82. The van der Waals surface area contributed by atoms with E-state index in [1.54, 1.807) is 18.4 Å². The van der Waals surface area contributed by atoms with Crippen LogP contribution in [-0.2, 0) is 4.74 Å². The van der Waals surface area contributed by atoms with Crippen LogP contribution in [0.2, 0.25) is 0 Å². The Morgan fingerprint density at radius 2 is 2.03 bits per heavy atom. The molecule has 0 aliphatic heterocycles. The van der Waals surface area contributed by atoms with E-state index in [2.05, 4.69) is 28.6 Å². The molecule has 0 spiro atoms. The zero-order valence-electron chi connectivity index (χ0n) is 17.7. The zero-order chi connectivity index (χ0) is 21.1. The fourth-order valence-corrected chi connectivity index (χ4v) is 5.22. The van der Waals surface area contributed by atoms with Crippen molar-refractivity contribution < 1.29 is 9.84 Å². The first-order valence-electron chi connectivity index (χ1n) is 10.4. The number of anilines is 2. The van der Waals surface area contributed by atoms with E-state index in [4.69, 9.17) is 14.7 Å². The van der Waals surface area contributed by atoms with Crippen LogP contribution in [0.15, 0.2) is 24.3 Å². The number of fused-ring (bicyclic) bond motifs is 1. The Morgan fingerprint density at radius 1 is 1.20 bits per heavy atom. The number of nitrogens with one attached hydrogen (secondary N) is 2. The molecule has 1 saturated carbocycles. The SMILES string of the molecule is COCCNc1nc(C)c(-c2nc3ccccc3s2)c(NC2C[C@H](CO)C[C@H]2C)n1. The molecule has 160 valence electrons. The molecule has 30 heavy (non-hydrogen) atoms. The van der Waals surface area contributed by atoms with Gasteiger partial charge in [-0.15, -0.1) is 11.3 Å². The first kappa shape index (κ1) is 21.0. The van der Waals surface area contributed by atoms with E-state index in [0.717, 1.165) is 45.1 Å². The zero-order valence-corrected chi connectivity index (χ0v) is 18.5. The second-order valence-electron chi connectivity index (χ2n) is 8.01. The average molecular weight is 428 g/mol. The van der Waals surface area contributed by atoms with Gasteiger partial charge in [0, 0.05) is 26.3 Å². The molecule has 4 rings (SSSR count). The Balaban J connectivity index is 1.71. The monoisotopic (exact) mass is 427 g/mol. The van der Waals surface area contributed by atoms with Crippen LogP contribution in [0.3, 0.4) is 0 Å². The maximum Gasteiger partial charge on any atom is 0.224 e. The molecule has 3 N–H and O–H groups in total. The predicted molar refractivity (Wildman–Crippen MR) is 122 cm³/mol. The highest BCUT2D eigenvalue weighted by molar-refractivity contribution is 7.21. The summed E-state index contributed by atoms with van der Waals surface area (Å²) in [7, 11) is 1.68. The molecular weight excluding hydrogens is 398 g/mol. The molecule has 2 aromatic heterocycles. The van der Waals surface area contributed by atoms with Gasteiger partial charge in [0.1, 0.15) is 10.8 Å². The third-order valence-corrected chi connectivity index (χ3v) is 6.80. The highest BCUT2D eigenvalue weighted by atomic mass is 32.1. The summed E-state index contributed by atoms with van der Waals surface area (Å²) in [6.07, 6.45) is 1.96. The van der Waals surface area contributed by atoms with Crippen LogP contribution in [0.4, 0.5) is 11.8 Å². The number of aryl methyl sites for hydroxylation is 1. The molecule has 0 saturated heterocycles. The summed E-state index contributed by atoms with van der Waals surface area (Å²) in [6.45, 7) is 5.70. The van der Waals surface area contributed by atoms with Crippen LogP contribution in [0.5, 0.6) is 0 Å². The smallest absolute Gasteiger partial charge is 0.224 e. The lowest BCUT2D eigenvalue weighted by atomic mass is 10.1. The molecule has 2 heterocycles. The molecule has 3 atom stereocenters. The molecule has 1 aliphatic carbocycles. The van der Waals surface area contributed by atoms with Gasteiger partial charge in [0.05, 0.1) is 28.1 Å². The Hall–Kier alpha value is -2.29. The van der Waals surface area contributed by atoms with Crippen LogP contribution < -0.4 is 10.6 Å². The quantitative estimate of drug-likeness (QED) is 0.469. The Kier molecular flexibility index (Phi) is 6.46. The van der Waals surface area contributed by atoms with E-state index in [1.807, 2.05) is 25.1 Å². The largest absolute Gasteiger partial charge is 0.396 e. The van der Waals surface area contributed by atoms with Crippen molar-refractivity contribution in [2.75, 3.05) is 37.5 Å². The van der Waals surface area contributed by atoms with Gasteiger partial charge in [0.15, 0.2) is 0 Å². The van der Waals surface area contributed by atoms with E-state index >= 15 is 0 Å². The number of rotatable bonds is 8. The highest BCUT2D eigenvalue weighted by Crippen LogP contribution is 2.39. The van der Waals surface area contributed by atoms with Crippen LogP contribution in [-0.4, -0.2) is 53.0 Å². The molecule has 7 nitrogen and oxygen atoms in total. The standard InChI is InChI=1S/C22H29N5O2S/c1-13-10-15(12-28)11-17(13)25-20-19(14(2)24-22(27-20)23-8-9-29-3)21-26-16-6-4-5-7-18(16)30-21/h4-7,13,15,17,28H,8-12H2,1-3H3,(H2,23,24,25,27)/t13-,15-,17?/m1/s1. The maximum absolute atomic E-state index is 9.61. The lowest BCUT2D eigenvalue weighted by molar-refractivity contribution is 0.210. The van der Waals surface area contributed by atoms with Gasteiger partial charge in [-0.2, -0.15) is 4.98 Å². The third-order valence-electron chi connectivity index (χ3n) is 5.75. The molecule has 0 radical (unpaired) electrons. The molecular formula is C22H29N5O2S. The number of aliphatic hydroxyl groups excluding tert-OH is 1. The summed E-state index contributed by atoms with van der Waals surface area (Å²) < 4.78 is 6.28. The summed E-state index contributed by atoms with van der Waals surface area (Å²) in [5, 5.41) is 17.4. The average Bonchev–Trinajstić information content (AvgIpc) is 3.31. The van der Waals surface area contributed by atoms with E-state index in [9.17, 15) is 5.11 Å². The van der Waals surface area contributed by atoms with Crippen molar-refractivity contribution in [2.24, 2.45) is 11.8 Å². The maximum atomic E-state index is 9.61. The summed E-state index contributed by atoms with van der Waals surface area (Å²) in [4.78, 5) is 14.4. The molecule has 0 amide bonds. The number of aromatic nitrogens is 3. The Morgan fingerprint density at radius 3 is 2.77 bits per heavy atom. The predicted octanol–water partition coefficient (Wildman–Crippen LogP) is 3.94.